The lowest BCUT2D eigenvalue weighted by Crippen LogP contribution is -2.26. The molecule has 0 radical (unpaired) electrons. The number of ether oxygens (including phenoxy) is 1. The summed E-state index contributed by atoms with van der Waals surface area (Å²) < 4.78 is 6.56. The van der Waals surface area contributed by atoms with Crippen LogP contribution < -0.4 is 11.1 Å². The Kier molecular flexibility index (Phi) is 4.21. The molecular weight excluding hydrogens is 268 g/mol. The number of hydrogen-bond donors (Lipinski definition) is 2. The molecule has 0 saturated carbocycles. The van der Waals surface area contributed by atoms with E-state index in [1.54, 1.807) is 0 Å². The summed E-state index contributed by atoms with van der Waals surface area (Å²) in [7, 11) is 0. The summed E-state index contributed by atoms with van der Waals surface area (Å²) in [6.45, 7) is 2.63. The van der Waals surface area contributed by atoms with E-state index in [0.29, 0.717) is 6.10 Å². The van der Waals surface area contributed by atoms with Crippen LogP contribution in [-0.2, 0) is 11.3 Å². The second-order valence-corrected chi connectivity index (χ2v) is 5.02. The third kappa shape index (κ3) is 3.20. The van der Waals surface area contributed by atoms with Gasteiger partial charge >= 0.3 is 0 Å². The van der Waals surface area contributed by atoms with Crippen LogP contribution in [0.15, 0.2) is 22.7 Å². The molecule has 3 nitrogen and oxygen atoms in total. The molecule has 1 aliphatic rings. The normalized spacial score (nSPS) is 20.2. The van der Waals surface area contributed by atoms with Gasteiger partial charge in [-0.1, -0.05) is 22.0 Å². The summed E-state index contributed by atoms with van der Waals surface area (Å²) in [5.74, 6) is 0. The van der Waals surface area contributed by atoms with E-state index in [-0.39, 0.29) is 0 Å². The van der Waals surface area contributed by atoms with E-state index in [2.05, 4.69) is 21.2 Å². The SMILES string of the molecule is Nc1cc(Br)ccc1CNCC1CCCO1. The molecule has 2 rings (SSSR count). The van der Waals surface area contributed by atoms with Crippen molar-refractivity contribution < 1.29 is 4.74 Å². The van der Waals surface area contributed by atoms with Crippen molar-refractivity contribution in [3.8, 4) is 0 Å². The van der Waals surface area contributed by atoms with Crippen LogP contribution >= 0.6 is 15.9 Å². The molecule has 1 unspecified atom stereocenters. The van der Waals surface area contributed by atoms with Gasteiger partial charge < -0.3 is 15.8 Å². The van der Waals surface area contributed by atoms with E-state index in [0.717, 1.165) is 35.4 Å². The smallest absolute Gasteiger partial charge is 0.0700 e. The van der Waals surface area contributed by atoms with Gasteiger partial charge in [-0.15, -0.1) is 0 Å². The van der Waals surface area contributed by atoms with Gasteiger partial charge in [-0.2, -0.15) is 0 Å². The van der Waals surface area contributed by atoms with Crippen molar-refractivity contribution in [2.75, 3.05) is 18.9 Å². The van der Waals surface area contributed by atoms with E-state index in [1.165, 1.54) is 12.8 Å². The van der Waals surface area contributed by atoms with Crippen LogP contribution in [-0.4, -0.2) is 19.3 Å². The van der Waals surface area contributed by atoms with Gasteiger partial charge in [-0.25, -0.2) is 0 Å². The zero-order valence-corrected chi connectivity index (χ0v) is 10.8. The van der Waals surface area contributed by atoms with Crippen LogP contribution in [0.1, 0.15) is 18.4 Å². The molecule has 4 heteroatoms. The number of anilines is 1. The summed E-state index contributed by atoms with van der Waals surface area (Å²) in [6.07, 6.45) is 2.74. The van der Waals surface area contributed by atoms with Crippen LogP contribution in [0.2, 0.25) is 0 Å². The zero-order chi connectivity index (χ0) is 11.4. The Morgan fingerprint density at radius 1 is 1.50 bits per heavy atom. The Morgan fingerprint density at radius 3 is 3.06 bits per heavy atom. The summed E-state index contributed by atoms with van der Waals surface area (Å²) in [5, 5.41) is 3.38. The molecule has 1 fully saturated rings. The average molecular weight is 285 g/mol. The van der Waals surface area contributed by atoms with Crippen LogP contribution in [0.4, 0.5) is 5.69 Å². The first-order valence-electron chi connectivity index (χ1n) is 5.62. The maximum atomic E-state index is 5.91. The Hall–Kier alpha value is -0.580. The predicted molar refractivity (Wildman–Crippen MR) is 69.2 cm³/mol. The first-order chi connectivity index (χ1) is 7.75. The first-order valence-corrected chi connectivity index (χ1v) is 6.41. The molecule has 3 N–H and O–H groups in total. The van der Waals surface area contributed by atoms with Gasteiger partial charge in [0.25, 0.3) is 0 Å². The molecule has 88 valence electrons. The molecule has 0 spiro atoms. The predicted octanol–water partition coefficient (Wildman–Crippen LogP) is 2.30. The standard InChI is InChI=1S/C12H17BrN2O/c13-10-4-3-9(12(14)6-10)7-15-8-11-2-1-5-16-11/h3-4,6,11,15H,1-2,5,7-8,14H2. The highest BCUT2D eigenvalue weighted by Gasteiger charge is 2.14. The molecule has 0 bridgehead atoms. The summed E-state index contributed by atoms with van der Waals surface area (Å²) in [6, 6.07) is 5.99. The number of benzene rings is 1. The third-order valence-electron chi connectivity index (χ3n) is 2.82. The van der Waals surface area contributed by atoms with Crippen LogP contribution in [0.5, 0.6) is 0 Å². The average Bonchev–Trinajstić information content (AvgIpc) is 2.74. The van der Waals surface area contributed by atoms with Gasteiger partial charge in [0.05, 0.1) is 6.10 Å². The van der Waals surface area contributed by atoms with E-state index in [1.807, 2.05) is 18.2 Å². The minimum atomic E-state index is 0.386. The lowest BCUT2D eigenvalue weighted by molar-refractivity contribution is 0.110. The molecule has 1 aromatic rings. The molecule has 1 saturated heterocycles. The fraction of sp³-hybridized carbons (Fsp3) is 0.500. The fourth-order valence-electron chi connectivity index (χ4n) is 1.90. The van der Waals surface area contributed by atoms with E-state index >= 15 is 0 Å². The summed E-state index contributed by atoms with van der Waals surface area (Å²) in [4.78, 5) is 0. The van der Waals surface area contributed by atoms with E-state index < -0.39 is 0 Å². The van der Waals surface area contributed by atoms with Gasteiger partial charge in [0, 0.05) is 29.9 Å². The van der Waals surface area contributed by atoms with Crippen molar-refractivity contribution >= 4 is 21.6 Å². The highest BCUT2D eigenvalue weighted by molar-refractivity contribution is 9.10. The second kappa shape index (κ2) is 5.66. The van der Waals surface area contributed by atoms with Gasteiger partial charge in [-0.05, 0) is 30.5 Å². The number of nitrogen functional groups attached to an aromatic ring is 1. The number of hydrogen-bond acceptors (Lipinski definition) is 3. The minimum absolute atomic E-state index is 0.386. The molecule has 1 atom stereocenters. The zero-order valence-electron chi connectivity index (χ0n) is 9.21. The van der Waals surface area contributed by atoms with Crippen LogP contribution in [0.25, 0.3) is 0 Å². The van der Waals surface area contributed by atoms with Crippen LogP contribution in [0, 0.1) is 0 Å². The van der Waals surface area contributed by atoms with Crippen LogP contribution in [0.3, 0.4) is 0 Å². The Bertz CT molecular complexity index is 351. The number of nitrogens with one attached hydrogen (secondary N) is 1. The Balaban J connectivity index is 1.80. The van der Waals surface area contributed by atoms with Gasteiger partial charge in [-0.3, -0.25) is 0 Å². The first kappa shape index (κ1) is 11.9. The van der Waals surface area contributed by atoms with Crippen molar-refractivity contribution in [2.24, 2.45) is 0 Å². The third-order valence-corrected chi connectivity index (χ3v) is 3.31. The number of rotatable bonds is 4. The maximum absolute atomic E-state index is 5.91. The van der Waals surface area contributed by atoms with E-state index in [4.69, 9.17) is 10.5 Å². The fourth-order valence-corrected chi connectivity index (χ4v) is 2.28. The monoisotopic (exact) mass is 284 g/mol. The summed E-state index contributed by atoms with van der Waals surface area (Å²) >= 11 is 3.40. The number of halogens is 1. The number of nitrogens with two attached hydrogens (primary N) is 1. The molecule has 0 amide bonds. The van der Waals surface area contributed by atoms with Crippen molar-refractivity contribution in [3.05, 3.63) is 28.2 Å². The maximum Gasteiger partial charge on any atom is 0.0700 e. The van der Waals surface area contributed by atoms with Gasteiger partial charge in [0.15, 0.2) is 0 Å². The molecule has 1 aliphatic heterocycles. The molecule has 0 aromatic heterocycles. The van der Waals surface area contributed by atoms with Gasteiger partial charge in [0.1, 0.15) is 0 Å². The molecule has 0 aliphatic carbocycles. The molecular formula is C12H17BrN2O. The summed E-state index contributed by atoms with van der Waals surface area (Å²) in [5.41, 5.74) is 7.88. The van der Waals surface area contributed by atoms with Gasteiger partial charge in [0.2, 0.25) is 0 Å². The second-order valence-electron chi connectivity index (χ2n) is 4.11. The molecule has 1 aromatic carbocycles. The van der Waals surface area contributed by atoms with Crippen molar-refractivity contribution in [1.29, 1.82) is 0 Å². The Morgan fingerprint density at radius 2 is 2.38 bits per heavy atom. The lowest BCUT2D eigenvalue weighted by Gasteiger charge is -2.12. The molecule has 16 heavy (non-hydrogen) atoms. The topological polar surface area (TPSA) is 47.3 Å². The van der Waals surface area contributed by atoms with Crippen molar-refractivity contribution in [2.45, 2.75) is 25.5 Å². The highest BCUT2D eigenvalue weighted by atomic mass is 79.9. The largest absolute Gasteiger partial charge is 0.398 e. The van der Waals surface area contributed by atoms with Crippen molar-refractivity contribution in [1.82, 2.24) is 5.32 Å². The Labute approximate surface area is 104 Å². The minimum Gasteiger partial charge on any atom is -0.398 e. The lowest BCUT2D eigenvalue weighted by atomic mass is 10.2. The van der Waals surface area contributed by atoms with Crippen molar-refractivity contribution in [3.63, 3.8) is 0 Å². The van der Waals surface area contributed by atoms with E-state index in [9.17, 15) is 0 Å². The highest BCUT2D eigenvalue weighted by Crippen LogP contribution is 2.18. The quantitative estimate of drug-likeness (QED) is 0.834. The molecule has 1 heterocycles.